The van der Waals surface area contributed by atoms with Gasteiger partial charge in [-0.25, -0.2) is 0 Å². The number of hydrogen-bond donors (Lipinski definition) is 1. The molecule has 1 aliphatic rings. The summed E-state index contributed by atoms with van der Waals surface area (Å²) in [4.78, 5) is 4.50. The lowest BCUT2D eigenvalue weighted by atomic mass is 10.1. The van der Waals surface area contributed by atoms with Gasteiger partial charge in [-0.1, -0.05) is 12.1 Å². The Hall–Kier alpha value is -4.48. The minimum Gasteiger partial charge on any atom is -0.493 e. The van der Waals surface area contributed by atoms with Crippen LogP contribution in [-0.4, -0.2) is 38.5 Å². The number of para-hydroxylation sites is 2. The van der Waals surface area contributed by atoms with Gasteiger partial charge in [0, 0.05) is 29.9 Å². The molecule has 0 aliphatic carbocycles. The van der Waals surface area contributed by atoms with Crippen molar-refractivity contribution in [2.75, 3.05) is 32.8 Å². The number of fused-ring (bicyclic) bond motifs is 1. The Balaban J connectivity index is 1.39. The Labute approximate surface area is 221 Å². The van der Waals surface area contributed by atoms with E-state index in [1.807, 2.05) is 60.7 Å². The highest BCUT2D eigenvalue weighted by Gasteiger charge is 2.18. The van der Waals surface area contributed by atoms with E-state index in [-0.39, 0.29) is 6.10 Å². The van der Waals surface area contributed by atoms with Crippen LogP contribution in [0.2, 0.25) is 0 Å². The van der Waals surface area contributed by atoms with Gasteiger partial charge in [-0.05, 0) is 61.7 Å². The molecule has 4 aromatic rings. The molecule has 8 nitrogen and oxygen atoms in total. The minimum absolute atomic E-state index is 0.0743. The third-order valence-corrected chi connectivity index (χ3v) is 6.39. The van der Waals surface area contributed by atoms with Crippen LogP contribution >= 0.6 is 0 Å². The number of aromatic nitrogens is 1. The normalized spacial score (nSPS) is 14.9. The smallest absolute Gasteiger partial charge is 0.169 e. The first-order valence-electron chi connectivity index (χ1n) is 12.5. The van der Waals surface area contributed by atoms with Crippen LogP contribution in [0.15, 0.2) is 66.9 Å². The first-order valence-corrected chi connectivity index (χ1v) is 12.5. The molecule has 194 valence electrons. The molecule has 0 spiro atoms. The van der Waals surface area contributed by atoms with E-state index in [0.29, 0.717) is 52.1 Å². The molecule has 1 unspecified atom stereocenters. The molecule has 1 fully saturated rings. The van der Waals surface area contributed by atoms with Crippen LogP contribution in [0.3, 0.4) is 0 Å². The van der Waals surface area contributed by atoms with E-state index in [4.69, 9.17) is 23.7 Å². The molecule has 1 saturated heterocycles. The van der Waals surface area contributed by atoms with Gasteiger partial charge in [0.25, 0.3) is 0 Å². The summed E-state index contributed by atoms with van der Waals surface area (Å²) >= 11 is 0. The van der Waals surface area contributed by atoms with Crippen LogP contribution in [0.5, 0.6) is 28.7 Å². The molecule has 1 aromatic heterocycles. The van der Waals surface area contributed by atoms with Crippen LogP contribution in [0.4, 0.5) is 11.4 Å². The lowest BCUT2D eigenvalue weighted by molar-refractivity contribution is -0.0114. The van der Waals surface area contributed by atoms with E-state index in [2.05, 4.69) is 16.4 Å². The van der Waals surface area contributed by atoms with Crippen LogP contribution in [0, 0.1) is 11.3 Å². The largest absolute Gasteiger partial charge is 0.493 e. The number of nitrogens with one attached hydrogen (secondary N) is 1. The Kier molecular flexibility index (Phi) is 7.76. The van der Waals surface area contributed by atoms with E-state index in [9.17, 15) is 5.26 Å². The van der Waals surface area contributed by atoms with Crippen LogP contribution in [-0.2, 0) is 4.74 Å². The highest BCUT2D eigenvalue weighted by molar-refractivity contribution is 5.97. The lowest BCUT2D eigenvalue weighted by Gasteiger charge is -2.23. The summed E-state index contributed by atoms with van der Waals surface area (Å²) < 4.78 is 28.8. The molecule has 2 heterocycles. The standard InChI is InChI=1S/C30H29N3O5/c1-34-26-8-3-4-9-27(26)38-22-12-10-21(11-13-22)33-30-20(17-31)18-32-25-16-29(28(35-2)15-24(25)30)37-19-23-7-5-6-14-36-23/h3-4,8-13,15-16,18,23H,5-7,14,19H2,1-2H3,(H,32,33). The summed E-state index contributed by atoms with van der Waals surface area (Å²) in [7, 11) is 3.20. The molecular formula is C30H29N3O5. The van der Waals surface area contributed by atoms with Crippen molar-refractivity contribution in [2.45, 2.75) is 25.4 Å². The fourth-order valence-electron chi connectivity index (χ4n) is 4.39. The SMILES string of the molecule is COc1cc2c(Nc3ccc(Oc4ccccc4OC)cc3)c(C#N)cnc2cc1OCC1CCCCO1. The van der Waals surface area contributed by atoms with Gasteiger partial charge in [0.2, 0.25) is 0 Å². The molecule has 1 aliphatic heterocycles. The third kappa shape index (κ3) is 5.58. The zero-order chi connectivity index (χ0) is 26.3. The van der Waals surface area contributed by atoms with Crippen molar-refractivity contribution >= 4 is 22.3 Å². The Morgan fingerprint density at radius 1 is 0.974 bits per heavy atom. The molecule has 8 heteroatoms. The van der Waals surface area contributed by atoms with E-state index in [1.165, 1.54) is 0 Å². The van der Waals surface area contributed by atoms with Gasteiger partial charge in [0.15, 0.2) is 23.0 Å². The molecule has 38 heavy (non-hydrogen) atoms. The number of hydrogen-bond acceptors (Lipinski definition) is 8. The van der Waals surface area contributed by atoms with Crippen molar-refractivity contribution in [2.24, 2.45) is 0 Å². The first kappa shape index (κ1) is 25.2. The average molecular weight is 512 g/mol. The number of benzene rings is 3. The van der Waals surface area contributed by atoms with Crippen LogP contribution in [0.25, 0.3) is 10.9 Å². The molecule has 0 saturated carbocycles. The number of nitrogens with zero attached hydrogens (tertiary/aromatic N) is 2. The molecular weight excluding hydrogens is 482 g/mol. The predicted octanol–water partition coefficient (Wildman–Crippen LogP) is 6.61. The van der Waals surface area contributed by atoms with Crippen molar-refractivity contribution in [3.63, 3.8) is 0 Å². The molecule has 0 amide bonds. The summed E-state index contributed by atoms with van der Waals surface area (Å²) in [5.74, 6) is 3.09. The monoisotopic (exact) mass is 511 g/mol. The molecule has 3 aromatic carbocycles. The number of anilines is 2. The van der Waals surface area contributed by atoms with E-state index in [0.717, 1.165) is 36.9 Å². The molecule has 5 rings (SSSR count). The summed E-state index contributed by atoms with van der Waals surface area (Å²) in [5, 5.41) is 13.9. The maximum Gasteiger partial charge on any atom is 0.169 e. The van der Waals surface area contributed by atoms with Gasteiger partial charge >= 0.3 is 0 Å². The van der Waals surface area contributed by atoms with Gasteiger partial charge in [-0.15, -0.1) is 0 Å². The summed E-state index contributed by atoms with van der Waals surface area (Å²) in [5.41, 5.74) is 2.52. The topological polar surface area (TPSA) is 94.9 Å². The lowest BCUT2D eigenvalue weighted by Crippen LogP contribution is -2.25. The highest BCUT2D eigenvalue weighted by atomic mass is 16.5. The van der Waals surface area contributed by atoms with Gasteiger partial charge in [0.05, 0.1) is 37.1 Å². The first-order chi connectivity index (χ1) is 18.7. The summed E-state index contributed by atoms with van der Waals surface area (Å²) in [6, 6.07) is 20.9. The summed E-state index contributed by atoms with van der Waals surface area (Å²) in [6.07, 6.45) is 4.85. The predicted molar refractivity (Wildman–Crippen MR) is 145 cm³/mol. The van der Waals surface area contributed by atoms with Crippen molar-refractivity contribution in [3.05, 3.63) is 72.4 Å². The van der Waals surface area contributed by atoms with Gasteiger partial charge in [-0.3, -0.25) is 4.98 Å². The third-order valence-electron chi connectivity index (χ3n) is 6.39. The van der Waals surface area contributed by atoms with Crippen molar-refractivity contribution in [3.8, 4) is 34.8 Å². The Bertz CT molecular complexity index is 1440. The molecule has 0 bridgehead atoms. The fraction of sp³-hybridized carbons (Fsp3) is 0.267. The molecule has 0 radical (unpaired) electrons. The van der Waals surface area contributed by atoms with E-state index in [1.54, 1.807) is 20.4 Å². The Morgan fingerprint density at radius 3 is 2.47 bits per heavy atom. The van der Waals surface area contributed by atoms with Crippen molar-refractivity contribution in [1.29, 1.82) is 5.26 Å². The number of rotatable bonds is 9. The second kappa shape index (κ2) is 11.7. The van der Waals surface area contributed by atoms with Crippen LogP contribution in [0.1, 0.15) is 24.8 Å². The zero-order valence-electron chi connectivity index (χ0n) is 21.4. The number of methoxy groups -OCH3 is 2. The van der Waals surface area contributed by atoms with E-state index < -0.39 is 0 Å². The summed E-state index contributed by atoms with van der Waals surface area (Å²) in [6.45, 7) is 1.22. The molecule has 1 atom stereocenters. The van der Waals surface area contributed by atoms with Crippen molar-refractivity contribution < 1.29 is 23.7 Å². The second-order valence-electron chi connectivity index (χ2n) is 8.88. The van der Waals surface area contributed by atoms with Crippen molar-refractivity contribution in [1.82, 2.24) is 4.98 Å². The average Bonchev–Trinajstić information content (AvgIpc) is 2.97. The highest BCUT2D eigenvalue weighted by Crippen LogP contribution is 2.38. The van der Waals surface area contributed by atoms with Gasteiger partial charge < -0.3 is 29.0 Å². The van der Waals surface area contributed by atoms with Crippen LogP contribution < -0.4 is 24.3 Å². The fourth-order valence-corrected chi connectivity index (χ4v) is 4.39. The Morgan fingerprint density at radius 2 is 1.76 bits per heavy atom. The number of ether oxygens (including phenoxy) is 5. The van der Waals surface area contributed by atoms with E-state index >= 15 is 0 Å². The number of pyridine rings is 1. The van der Waals surface area contributed by atoms with Gasteiger partial charge in [-0.2, -0.15) is 5.26 Å². The maximum atomic E-state index is 9.79. The molecule has 1 N–H and O–H groups in total. The second-order valence-corrected chi connectivity index (χ2v) is 8.88. The van der Waals surface area contributed by atoms with Gasteiger partial charge in [0.1, 0.15) is 18.4 Å². The number of nitriles is 1. The minimum atomic E-state index is 0.0743. The zero-order valence-corrected chi connectivity index (χ0v) is 21.4. The quantitative estimate of drug-likeness (QED) is 0.268. The maximum absolute atomic E-state index is 9.79.